The standard InChI is InChI=1S/C29H31N5O3S2/c1-29(2,24-16-14-23(15-17-24)22-10-6-4-7-11-22)26-30-27(31-28(38-3)33-18-20-37-21-19-33)34(32-26)39(35,36)25-12-8-5-9-13-25/h4-17H,18-21H2,1-3H3/b31-28-. The normalized spacial score (nSPS) is 14.9. The first-order chi connectivity index (χ1) is 18.8. The van der Waals surface area contributed by atoms with Crippen LogP contribution >= 0.6 is 11.8 Å². The average Bonchev–Trinajstić information content (AvgIpc) is 3.43. The molecule has 0 bridgehead atoms. The molecule has 0 amide bonds. The van der Waals surface area contributed by atoms with Crippen molar-refractivity contribution >= 4 is 32.9 Å². The monoisotopic (exact) mass is 561 g/mol. The molecular weight excluding hydrogens is 530 g/mol. The summed E-state index contributed by atoms with van der Waals surface area (Å²) in [4.78, 5) is 11.7. The van der Waals surface area contributed by atoms with E-state index >= 15 is 0 Å². The maximum absolute atomic E-state index is 13.7. The van der Waals surface area contributed by atoms with Gasteiger partial charge in [-0.2, -0.15) is 18.4 Å². The number of morpholine rings is 1. The number of amidine groups is 1. The van der Waals surface area contributed by atoms with Crippen LogP contribution in [0.4, 0.5) is 5.95 Å². The maximum atomic E-state index is 13.7. The van der Waals surface area contributed by atoms with Crippen LogP contribution in [0.5, 0.6) is 0 Å². The number of hydrogen-bond acceptors (Lipinski definition) is 7. The van der Waals surface area contributed by atoms with Gasteiger partial charge in [0.15, 0.2) is 11.0 Å². The summed E-state index contributed by atoms with van der Waals surface area (Å²) in [5, 5.41) is 5.25. The Morgan fingerprint density at radius 2 is 1.49 bits per heavy atom. The van der Waals surface area contributed by atoms with Crippen molar-refractivity contribution in [2.45, 2.75) is 24.2 Å². The lowest BCUT2D eigenvalue weighted by Gasteiger charge is -2.28. The molecule has 4 aromatic rings. The number of aromatic nitrogens is 3. The third-order valence-corrected chi connectivity index (χ3v) is 9.05. The SMILES string of the molecule is CS/C(=N\c1nc(C(C)(C)c2ccc(-c3ccccc3)cc2)nn1S(=O)(=O)c1ccccc1)N1CCOCC1. The minimum absolute atomic E-state index is 0.0266. The van der Waals surface area contributed by atoms with E-state index in [9.17, 15) is 8.42 Å². The van der Waals surface area contributed by atoms with Gasteiger partial charge in [0.2, 0.25) is 0 Å². The molecule has 1 aromatic heterocycles. The molecule has 0 spiro atoms. The summed E-state index contributed by atoms with van der Waals surface area (Å²) in [5.41, 5.74) is 2.50. The van der Waals surface area contributed by atoms with E-state index in [4.69, 9.17) is 14.7 Å². The Hall–Kier alpha value is -3.47. The molecule has 39 heavy (non-hydrogen) atoms. The van der Waals surface area contributed by atoms with Crippen LogP contribution < -0.4 is 0 Å². The van der Waals surface area contributed by atoms with Gasteiger partial charge >= 0.3 is 0 Å². The zero-order chi connectivity index (χ0) is 27.5. The summed E-state index contributed by atoms with van der Waals surface area (Å²) in [6.07, 6.45) is 1.92. The first-order valence-corrected chi connectivity index (χ1v) is 15.4. The molecule has 1 aliphatic rings. The van der Waals surface area contributed by atoms with Gasteiger partial charge in [0, 0.05) is 13.1 Å². The minimum atomic E-state index is -4.04. The molecule has 1 fully saturated rings. The van der Waals surface area contributed by atoms with Gasteiger partial charge in [-0.15, -0.1) is 9.19 Å². The molecule has 1 saturated heterocycles. The number of thioether (sulfide) groups is 1. The van der Waals surface area contributed by atoms with Crippen LogP contribution in [0.15, 0.2) is 94.8 Å². The summed E-state index contributed by atoms with van der Waals surface area (Å²) in [6.45, 7) is 6.50. The second-order valence-electron chi connectivity index (χ2n) is 9.66. The van der Waals surface area contributed by atoms with Crippen LogP contribution in [-0.2, 0) is 20.2 Å². The molecule has 0 radical (unpaired) electrons. The summed E-state index contributed by atoms with van der Waals surface area (Å²) in [7, 11) is -4.04. The Balaban J connectivity index is 1.58. The number of hydrogen-bond donors (Lipinski definition) is 0. The van der Waals surface area contributed by atoms with Crippen LogP contribution in [0.25, 0.3) is 11.1 Å². The van der Waals surface area contributed by atoms with E-state index in [1.807, 2.05) is 50.4 Å². The van der Waals surface area contributed by atoms with E-state index in [1.165, 1.54) is 11.8 Å². The Bertz CT molecular complexity index is 1550. The van der Waals surface area contributed by atoms with E-state index in [0.717, 1.165) is 20.8 Å². The lowest BCUT2D eigenvalue weighted by atomic mass is 9.83. The van der Waals surface area contributed by atoms with Crippen molar-refractivity contribution in [1.82, 2.24) is 19.1 Å². The van der Waals surface area contributed by atoms with Gasteiger partial charge in [-0.25, -0.2) is 0 Å². The maximum Gasteiger partial charge on any atom is 0.286 e. The van der Waals surface area contributed by atoms with Crippen LogP contribution in [0.2, 0.25) is 0 Å². The molecule has 0 atom stereocenters. The second kappa shape index (κ2) is 11.3. The van der Waals surface area contributed by atoms with Crippen LogP contribution in [-0.4, -0.2) is 65.2 Å². The summed E-state index contributed by atoms with van der Waals surface area (Å²) in [5.74, 6) is 0.398. The zero-order valence-corrected chi connectivity index (χ0v) is 23.8. The number of ether oxygens (including phenoxy) is 1. The largest absolute Gasteiger partial charge is 0.378 e. The lowest BCUT2D eigenvalue weighted by molar-refractivity contribution is 0.0693. The van der Waals surface area contributed by atoms with Gasteiger partial charge in [0.05, 0.1) is 23.5 Å². The third-order valence-electron chi connectivity index (χ3n) is 6.76. The number of aliphatic imine (C=N–C) groups is 1. The first-order valence-electron chi connectivity index (χ1n) is 12.7. The molecule has 0 N–H and O–H groups in total. The molecule has 2 heterocycles. The molecule has 0 unspecified atom stereocenters. The molecule has 0 saturated carbocycles. The van der Waals surface area contributed by atoms with E-state index in [-0.39, 0.29) is 10.8 Å². The van der Waals surface area contributed by atoms with Crippen molar-refractivity contribution in [2.24, 2.45) is 4.99 Å². The second-order valence-corrected chi connectivity index (χ2v) is 12.2. The molecule has 1 aliphatic heterocycles. The molecule has 0 aliphatic carbocycles. The predicted molar refractivity (Wildman–Crippen MR) is 156 cm³/mol. The fourth-order valence-electron chi connectivity index (χ4n) is 4.40. The van der Waals surface area contributed by atoms with Gasteiger partial charge in [0.1, 0.15) is 0 Å². The lowest BCUT2D eigenvalue weighted by Crippen LogP contribution is -2.39. The smallest absolute Gasteiger partial charge is 0.286 e. The van der Waals surface area contributed by atoms with E-state index < -0.39 is 15.4 Å². The molecule has 5 rings (SSSR count). The first kappa shape index (κ1) is 27.1. The molecular formula is C29H31N5O3S2. The average molecular weight is 562 g/mol. The van der Waals surface area contributed by atoms with Gasteiger partial charge in [0.25, 0.3) is 16.0 Å². The zero-order valence-electron chi connectivity index (χ0n) is 22.2. The number of nitrogens with zero attached hydrogens (tertiary/aromatic N) is 5. The van der Waals surface area contributed by atoms with Crippen molar-refractivity contribution in [3.05, 3.63) is 96.3 Å². The van der Waals surface area contributed by atoms with Crippen LogP contribution in [0.3, 0.4) is 0 Å². The molecule has 202 valence electrons. The molecule has 3 aromatic carbocycles. The van der Waals surface area contributed by atoms with Crippen molar-refractivity contribution in [3.8, 4) is 11.1 Å². The third kappa shape index (κ3) is 5.63. The van der Waals surface area contributed by atoms with E-state index in [1.54, 1.807) is 30.3 Å². The fourth-order valence-corrected chi connectivity index (χ4v) is 6.20. The van der Waals surface area contributed by atoms with Gasteiger partial charge in [-0.1, -0.05) is 84.6 Å². The highest BCUT2D eigenvalue weighted by atomic mass is 32.2. The highest BCUT2D eigenvalue weighted by Crippen LogP contribution is 2.33. The van der Waals surface area contributed by atoms with Gasteiger partial charge < -0.3 is 9.64 Å². The summed E-state index contributed by atoms with van der Waals surface area (Å²) in [6, 6.07) is 26.6. The topological polar surface area (TPSA) is 89.7 Å². The van der Waals surface area contributed by atoms with E-state index in [0.29, 0.717) is 37.3 Å². The molecule has 8 nitrogen and oxygen atoms in total. The van der Waals surface area contributed by atoms with E-state index in [2.05, 4.69) is 34.3 Å². The predicted octanol–water partition coefficient (Wildman–Crippen LogP) is 5.19. The fraction of sp³-hybridized carbons (Fsp3) is 0.276. The Labute approximate surface area is 233 Å². The number of rotatable bonds is 6. The Kier molecular flexibility index (Phi) is 7.88. The number of benzene rings is 3. The summed E-state index contributed by atoms with van der Waals surface area (Å²) < 4.78 is 33.9. The van der Waals surface area contributed by atoms with Crippen molar-refractivity contribution in [3.63, 3.8) is 0 Å². The quantitative estimate of drug-likeness (QED) is 0.236. The van der Waals surface area contributed by atoms with Gasteiger partial charge in [-0.3, -0.25) is 0 Å². The Morgan fingerprint density at radius 1 is 0.897 bits per heavy atom. The highest BCUT2D eigenvalue weighted by molar-refractivity contribution is 8.13. The Morgan fingerprint density at radius 3 is 2.10 bits per heavy atom. The van der Waals surface area contributed by atoms with Gasteiger partial charge in [-0.05, 0) is 48.9 Å². The highest BCUT2D eigenvalue weighted by Gasteiger charge is 2.33. The minimum Gasteiger partial charge on any atom is -0.378 e. The molecule has 10 heteroatoms. The van der Waals surface area contributed by atoms with Crippen LogP contribution in [0.1, 0.15) is 25.2 Å². The van der Waals surface area contributed by atoms with Crippen molar-refractivity contribution < 1.29 is 13.2 Å². The van der Waals surface area contributed by atoms with Crippen molar-refractivity contribution in [1.29, 1.82) is 0 Å². The van der Waals surface area contributed by atoms with Crippen molar-refractivity contribution in [2.75, 3.05) is 32.6 Å². The summed E-state index contributed by atoms with van der Waals surface area (Å²) >= 11 is 1.44. The van der Waals surface area contributed by atoms with Crippen LogP contribution in [0, 0.1) is 0 Å².